The molecule has 0 aliphatic rings. The van der Waals surface area contributed by atoms with Crippen LogP contribution in [0.5, 0.6) is 5.88 Å². The minimum absolute atomic E-state index is 0.0293. The van der Waals surface area contributed by atoms with Gasteiger partial charge in [0, 0.05) is 24.2 Å². The van der Waals surface area contributed by atoms with E-state index in [9.17, 15) is 9.18 Å². The summed E-state index contributed by atoms with van der Waals surface area (Å²) >= 11 is 18.3. The van der Waals surface area contributed by atoms with Crippen LogP contribution in [0.15, 0.2) is 36.5 Å². The molecule has 2 aromatic heterocycles. The highest BCUT2D eigenvalue weighted by Gasteiger charge is 2.22. The molecule has 146 valence electrons. The summed E-state index contributed by atoms with van der Waals surface area (Å²) in [7, 11) is 0. The van der Waals surface area contributed by atoms with Crippen LogP contribution in [0.3, 0.4) is 0 Å². The first kappa shape index (κ1) is 20.4. The van der Waals surface area contributed by atoms with Gasteiger partial charge in [0.15, 0.2) is 5.82 Å². The number of ether oxygens (including phenoxy) is 1. The van der Waals surface area contributed by atoms with Crippen LogP contribution >= 0.6 is 34.8 Å². The molecule has 1 atom stereocenters. The number of carbonyl (C=O) groups is 1. The Morgan fingerprint density at radius 2 is 2.00 bits per heavy atom. The molecule has 6 nitrogen and oxygen atoms in total. The monoisotopic (exact) mass is 442 g/mol. The van der Waals surface area contributed by atoms with Crippen LogP contribution in [-0.4, -0.2) is 27.0 Å². The maximum atomic E-state index is 13.3. The van der Waals surface area contributed by atoms with Crippen molar-refractivity contribution in [1.82, 2.24) is 14.8 Å². The summed E-state index contributed by atoms with van der Waals surface area (Å²) in [5.74, 6) is -0.474. The minimum atomic E-state index is -1.62. The van der Waals surface area contributed by atoms with Crippen LogP contribution in [0, 0.1) is 6.92 Å². The average molecular weight is 444 g/mol. The summed E-state index contributed by atoms with van der Waals surface area (Å²) in [4.78, 5) is 17.1. The van der Waals surface area contributed by atoms with Crippen molar-refractivity contribution in [2.75, 3.05) is 5.32 Å². The molecule has 0 bridgehead atoms. The highest BCUT2D eigenvalue weighted by atomic mass is 35.5. The maximum absolute atomic E-state index is 13.3. The summed E-state index contributed by atoms with van der Waals surface area (Å²) in [5.41, 5.74) is 1.08. The summed E-state index contributed by atoms with van der Waals surface area (Å²) in [6, 6.07) is 7.68. The van der Waals surface area contributed by atoms with Gasteiger partial charge in [0.2, 0.25) is 12.2 Å². The number of alkyl halides is 1. The number of rotatable bonds is 5. The highest BCUT2D eigenvalue weighted by Crippen LogP contribution is 2.31. The van der Waals surface area contributed by atoms with E-state index >= 15 is 0 Å². The van der Waals surface area contributed by atoms with Crippen molar-refractivity contribution in [3.8, 4) is 11.7 Å². The van der Waals surface area contributed by atoms with Gasteiger partial charge in [-0.05, 0) is 36.8 Å². The van der Waals surface area contributed by atoms with Crippen LogP contribution in [0.2, 0.25) is 15.1 Å². The molecule has 0 aliphatic carbocycles. The average Bonchev–Trinajstić information content (AvgIpc) is 3.01. The lowest BCUT2D eigenvalue weighted by molar-refractivity contribution is 0.0804. The van der Waals surface area contributed by atoms with E-state index < -0.39 is 12.3 Å². The van der Waals surface area contributed by atoms with Gasteiger partial charge in [0.05, 0.1) is 15.7 Å². The number of aryl methyl sites for hydroxylation is 1. The van der Waals surface area contributed by atoms with Gasteiger partial charge in [-0.3, -0.25) is 4.79 Å². The van der Waals surface area contributed by atoms with Gasteiger partial charge >= 0.3 is 0 Å². The smallest absolute Gasteiger partial charge is 0.274 e. The van der Waals surface area contributed by atoms with Crippen molar-refractivity contribution in [1.29, 1.82) is 0 Å². The highest BCUT2D eigenvalue weighted by molar-refractivity contribution is 6.37. The zero-order valence-electron chi connectivity index (χ0n) is 14.7. The van der Waals surface area contributed by atoms with Crippen molar-refractivity contribution < 1.29 is 13.9 Å². The first-order valence-corrected chi connectivity index (χ1v) is 9.18. The normalized spacial score (nSPS) is 11.9. The quantitative estimate of drug-likeness (QED) is 0.567. The Morgan fingerprint density at radius 1 is 1.25 bits per heavy atom. The van der Waals surface area contributed by atoms with E-state index in [-0.39, 0.29) is 27.4 Å². The van der Waals surface area contributed by atoms with E-state index in [2.05, 4.69) is 15.4 Å². The zero-order chi connectivity index (χ0) is 20.4. The fourth-order valence-corrected chi connectivity index (χ4v) is 3.32. The number of hydrogen-bond donors (Lipinski definition) is 1. The van der Waals surface area contributed by atoms with E-state index in [0.717, 1.165) is 0 Å². The van der Waals surface area contributed by atoms with Crippen molar-refractivity contribution in [3.63, 3.8) is 0 Å². The molecule has 1 aromatic carbocycles. The fourth-order valence-electron chi connectivity index (χ4n) is 2.48. The molecule has 28 heavy (non-hydrogen) atoms. The number of benzene rings is 1. The molecule has 0 radical (unpaired) electrons. The molecule has 3 rings (SSSR count). The number of pyridine rings is 1. The number of halogens is 4. The van der Waals surface area contributed by atoms with Crippen molar-refractivity contribution in [2.24, 2.45) is 0 Å². The topological polar surface area (TPSA) is 69.0 Å². The number of anilines is 1. The second-order valence-corrected chi connectivity index (χ2v) is 7.03. The van der Waals surface area contributed by atoms with Gasteiger partial charge in [0.25, 0.3) is 5.91 Å². The van der Waals surface area contributed by atoms with E-state index in [1.54, 1.807) is 25.1 Å². The van der Waals surface area contributed by atoms with Crippen molar-refractivity contribution >= 4 is 46.4 Å². The fraction of sp³-hybridized carbons (Fsp3) is 0.167. The van der Waals surface area contributed by atoms with Crippen LogP contribution < -0.4 is 10.1 Å². The third kappa shape index (κ3) is 4.38. The predicted octanol–water partition coefficient (Wildman–Crippen LogP) is 5.48. The van der Waals surface area contributed by atoms with Gasteiger partial charge in [-0.15, -0.1) is 5.10 Å². The predicted molar refractivity (Wildman–Crippen MR) is 107 cm³/mol. The van der Waals surface area contributed by atoms with Gasteiger partial charge in [0.1, 0.15) is 5.69 Å². The molecule has 0 saturated carbocycles. The second-order valence-electron chi connectivity index (χ2n) is 5.78. The SMILES string of the molecule is Cc1cc(Cl)cc(Cl)c1NC(=O)c1cc(OC(C)F)nn1-c1ncccc1Cl. The summed E-state index contributed by atoms with van der Waals surface area (Å²) in [5, 5.41) is 7.77. The number of hydrogen-bond acceptors (Lipinski definition) is 4. The van der Waals surface area contributed by atoms with Crippen LogP contribution in [-0.2, 0) is 0 Å². The van der Waals surface area contributed by atoms with Gasteiger partial charge < -0.3 is 10.1 Å². The Balaban J connectivity index is 2.04. The Kier molecular flexibility index (Phi) is 6.07. The lowest BCUT2D eigenvalue weighted by Gasteiger charge is -2.12. The molecule has 1 unspecified atom stereocenters. The Bertz CT molecular complexity index is 1020. The number of amides is 1. The molecule has 0 spiro atoms. The molecule has 2 heterocycles. The first-order valence-electron chi connectivity index (χ1n) is 8.05. The largest absolute Gasteiger partial charge is 0.442 e. The third-order valence-corrected chi connectivity index (χ3v) is 4.44. The lowest BCUT2D eigenvalue weighted by Crippen LogP contribution is -2.18. The first-order chi connectivity index (χ1) is 13.3. The molecule has 0 fully saturated rings. The molecule has 3 aromatic rings. The molecule has 10 heteroatoms. The zero-order valence-corrected chi connectivity index (χ0v) is 17.0. The molecule has 0 saturated heterocycles. The number of aromatic nitrogens is 3. The van der Waals surface area contributed by atoms with Crippen LogP contribution in [0.25, 0.3) is 5.82 Å². The Morgan fingerprint density at radius 3 is 2.64 bits per heavy atom. The summed E-state index contributed by atoms with van der Waals surface area (Å²) in [6.45, 7) is 2.95. The molecule has 0 aliphatic heterocycles. The maximum Gasteiger partial charge on any atom is 0.274 e. The van der Waals surface area contributed by atoms with Gasteiger partial charge in [-0.1, -0.05) is 34.8 Å². The summed E-state index contributed by atoms with van der Waals surface area (Å²) < 4.78 is 19.4. The van der Waals surface area contributed by atoms with E-state index in [0.29, 0.717) is 16.3 Å². The standard InChI is InChI=1S/C18H14Cl3FN4O2/c1-9-6-11(19)7-13(21)16(9)24-18(27)14-8-15(28-10(2)22)25-26(14)17-12(20)4-3-5-23-17/h3-8,10H,1-2H3,(H,24,27). The van der Waals surface area contributed by atoms with Gasteiger partial charge in [-0.2, -0.15) is 0 Å². The van der Waals surface area contributed by atoms with E-state index in [4.69, 9.17) is 39.5 Å². The molecular weight excluding hydrogens is 430 g/mol. The summed E-state index contributed by atoms with van der Waals surface area (Å²) in [6.07, 6.45) is -0.130. The second kappa shape index (κ2) is 8.34. The third-order valence-electron chi connectivity index (χ3n) is 3.63. The van der Waals surface area contributed by atoms with Crippen molar-refractivity contribution in [3.05, 3.63) is 62.9 Å². The molecular formula is C18H14Cl3FN4O2. The van der Waals surface area contributed by atoms with Crippen LogP contribution in [0.1, 0.15) is 23.0 Å². The number of carbonyl (C=O) groups excluding carboxylic acids is 1. The Labute approximate surface area is 175 Å². The Hall–Kier alpha value is -2.35. The minimum Gasteiger partial charge on any atom is -0.442 e. The number of nitrogens with one attached hydrogen (secondary N) is 1. The molecule has 1 amide bonds. The lowest BCUT2D eigenvalue weighted by atomic mass is 10.2. The van der Waals surface area contributed by atoms with E-state index in [1.807, 2.05) is 0 Å². The molecule has 1 N–H and O–H groups in total. The number of nitrogens with zero attached hydrogens (tertiary/aromatic N) is 3. The van der Waals surface area contributed by atoms with Crippen LogP contribution in [0.4, 0.5) is 10.1 Å². The van der Waals surface area contributed by atoms with Crippen molar-refractivity contribution in [2.45, 2.75) is 20.2 Å². The van der Waals surface area contributed by atoms with Gasteiger partial charge in [-0.25, -0.2) is 14.1 Å². The van der Waals surface area contributed by atoms with E-state index in [1.165, 1.54) is 29.9 Å².